The van der Waals surface area contributed by atoms with Crippen molar-refractivity contribution in [1.82, 2.24) is 47.9 Å². The van der Waals surface area contributed by atoms with E-state index in [2.05, 4.69) is 69.1 Å². The van der Waals surface area contributed by atoms with E-state index in [0.717, 1.165) is 82.5 Å². The van der Waals surface area contributed by atoms with Crippen LogP contribution in [0.25, 0.3) is 0 Å². The number of carbonyl (C=O) groups is 12. The fourth-order valence-electron chi connectivity index (χ4n) is 7.53. The zero-order chi connectivity index (χ0) is 76.2. The molecule has 0 saturated heterocycles. The minimum Gasteiger partial charge on any atom is -0.370 e. The van der Waals surface area contributed by atoms with E-state index >= 15 is 0 Å². The Kier molecular flexibility index (Phi) is 48.3. The van der Waals surface area contributed by atoms with E-state index in [1.165, 1.54) is 0 Å². The summed E-state index contributed by atoms with van der Waals surface area (Å²) in [4.78, 5) is 143. The van der Waals surface area contributed by atoms with Crippen LogP contribution in [-0.4, -0.2) is 152 Å². The van der Waals surface area contributed by atoms with E-state index in [1.807, 2.05) is 39.0 Å². The Balaban J connectivity index is 0.000000440. The predicted molar refractivity (Wildman–Crippen MR) is 416 cm³/mol. The summed E-state index contributed by atoms with van der Waals surface area (Å²) >= 11 is 13.7. The van der Waals surface area contributed by atoms with Gasteiger partial charge in [-0.15, -0.1) is 11.6 Å². The fraction of sp³-hybridized carbons (Fsp3) is 0.304. The molecular formula is C69H89BrClN15O12S5. The molecule has 6 rings (SSSR count). The van der Waals surface area contributed by atoms with Gasteiger partial charge in [-0.3, -0.25) is 57.5 Å². The van der Waals surface area contributed by atoms with Gasteiger partial charge >= 0.3 is 0 Å². The van der Waals surface area contributed by atoms with Crippen LogP contribution in [0.5, 0.6) is 0 Å². The van der Waals surface area contributed by atoms with Gasteiger partial charge in [0, 0.05) is 125 Å². The molecule has 0 spiro atoms. The molecule has 103 heavy (non-hydrogen) atoms. The highest BCUT2D eigenvalue weighted by molar-refractivity contribution is 9.10. The molecule has 0 radical (unpaired) electrons. The predicted octanol–water partition coefficient (Wildman–Crippen LogP) is 9.47. The summed E-state index contributed by atoms with van der Waals surface area (Å²) in [7, 11) is 0. The molecule has 6 aromatic carbocycles. The molecule has 0 unspecified atom stereocenters. The van der Waals surface area contributed by atoms with Gasteiger partial charge in [0.05, 0.1) is 27.8 Å². The van der Waals surface area contributed by atoms with Gasteiger partial charge in [-0.1, -0.05) is 90.4 Å². The summed E-state index contributed by atoms with van der Waals surface area (Å²) in [6, 6.07) is 41.8. The summed E-state index contributed by atoms with van der Waals surface area (Å²) in [6.45, 7) is 11.0. The van der Waals surface area contributed by atoms with Crippen LogP contribution in [0.3, 0.4) is 0 Å². The summed E-state index contributed by atoms with van der Waals surface area (Å²) in [5.41, 5.74) is 29.0. The van der Waals surface area contributed by atoms with E-state index < -0.39 is 11.8 Å². The van der Waals surface area contributed by atoms with Crippen LogP contribution >= 0.6 is 86.3 Å². The third-order valence-electron chi connectivity index (χ3n) is 12.3. The van der Waals surface area contributed by atoms with Gasteiger partial charge in [-0.2, -0.15) is 0 Å². The Bertz CT molecular complexity index is 3700. The molecule has 0 heterocycles. The fourth-order valence-corrected chi connectivity index (χ4v) is 11.9. The number of amides is 12. The number of thioether (sulfide) groups is 5. The zero-order valence-electron chi connectivity index (χ0n) is 57.2. The normalized spacial score (nSPS) is 10.0. The largest absolute Gasteiger partial charge is 0.370 e. The number of nitrogens with two attached hydrogens (primary N) is 5. The molecule has 0 aliphatic heterocycles. The number of carbonyl (C=O) groups excluding carboxylic acids is 12. The van der Waals surface area contributed by atoms with Crippen molar-refractivity contribution in [2.24, 2.45) is 28.7 Å². The molecule has 12 amide bonds. The molecule has 0 fully saturated rings. The summed E-state index contributed by atoms with van der Waals surface area (Å²) in [5, 5.41) is 25.9. The van der Waals surface area contributed by atoms with Crippen LogP contribution in [0.1, 0.15) is 105 Å². The molecule has 0 saturated carbocycles. The van der Waals surface area contributed by atoms with Crippen LogP contribution in [0.2, 0.25) is 0 Å². The molecule has 0 atom stereocenters. The van der Waals surface area contributed by atoms with Crippen molar-refractivity contribution in [3.05, 3.63) is 178 Å². The first-order chi connectivity index (χ1) is 49.5. The molecule has 0 aliphatic carbocycles. The first-order valence-electron chi connectivity index (χ1n) is 32.2. The highest BCUT2D eigenvalue weighted by Crippen LogP contribution is 2.28. The van der Waals surface area contributed by atoms with Crippen molar-refractivity contribution in [3.8, 4) is 0 Å². The lowest BCUT2D eigenvalue weighted by atomic mass is 10.2. The van der Waals surface area contributed by atoms with E-state index in [0.29, 0.717) is 129 Å². The number of anilines is 1. The smallest absolute Gasteiger partial charge is 0.288 e. The highest BCUT2D eigenvalue weighted by atomic mass is 79.9. The van der Waals surface area contributed by atoms with Crippen molar-refractivity contribution < 1.29 is 57.5 Å². The standard InChI is InChI=1S/C17H16BrN3O3S.C14H21N3O2S.C13H16ClN3O3S.C13H19N3O2S.C12H17N3O2S/c18-11-5-7-12(8-6-11)21-17(24)25-14-4-2-1-3-13(14)16(23)20-10-9-15(19)22;1-2-9-17-14(19)20-12-7-4-3-6-11(12)13(18)16-10-5-8-15;14-6-8-17-13(20)21-10-4-2-1-3-9(10)12(19)16-7-5-11(15)18;1-2-8-16-13(18)19-11-6-4-3-5-10(11)12(17)15-9-7-14;1-2-14-12(17)18-10-6-4-3-5-9(10)11(16)15-8-7-13/h1-8H,9-10H2,(H2,19,22)(H,20,23)(H,21,24);3-4,6-7H,2,5,8-10,15H2,1H3,(H,16,18)(H,17,19);1-4H,5-8H2,(H2,15,18)(H,16,19)(H,17,20);3-6H,2,7-9,14H2,1H3,(H,15,17)(H,16,18);3-6H,2,7-8,13H2,1H3,(H,14,17)(H,15,16). The van der Waals surface area contributed by atoms with Crippen molar-refractivity contribution in [2.75, 3.05) is 89.7 Å². The number of benzene rings is 6. The van der Waals surface area contributed by atoms with Crippen LogP contribution < -0.4 is 81.8 Å². The average molecular weight is 1600 g/mol. The maximum absolute atomic E-state index is 12.2. The van der Waals surface area contributed by atoms with E-state index in [9.17, 15) is 57.5 Å². The number of primary amides is 2. The molecule has 34 heteroatoms. The van der Waals surface area contributed by atoms with E-state index in [-0.39, 0.29) is 81.7 Å². The molecule has 0 bridgehead atoms. The highest BCUT2D eigenvalue weighted by Gasteiger charge is 2.19. The minimum atomic E-state index is -0.489. The van der Waals surface area contributed by atoms with Crippen molar-refractivity contribution in [3.63, 3.8) is 0 Å². The quantitative estimate of drug-likeness (QED) is 0.0109. The zero-order valence-corrected chi connectivity index (χ0v) is 63.6. The SMILES string of the molecule is CCCNC(=O)Sc1ccccc1C(=O)NCCCN.CCCNC(=O)Sc1ccccc1C(=O)NCCN.CCNC(=O)Sc1ccccc1C(=O)NCCN.NC(=O)CCNC(=O)c1ccccc1SC(=O)NCCCl.NC(=O)CCNC(=O)c1ccccc1SC(=O)Nc1ccc(Br)cc1. The van der Waals surface area contributed by atoms with Gasteiger partial charge in [-0.25, -0.2) is 0 Å². The molecule has 20 N–H and O–H groups in total. The van der Waals surface area contributed by atoms with Crippen LogP contribution in [-0.2, 0) is 9.59 Å². The first kappa shape index (κ1) is 90.4. The van der Waals surface area contributed by atoms with Gasteiger partial charge < -0.3 is 81.8 Å². The second-order valence-electron chi connectivity index (χ2n) is 20.5. The van der Waals surface area contributed by atoms with Crippen molar-refractivity contribution >= 4 is 160 Å². The topological polar surface area (TPSA) is 455 Å². The Morgan fingerprint density at radius 2 is 0.641 bits per heavy atom. The average Bonchev–Trinajstić information content (AvgIpc) is 0.888. The maximum Gasteiger partial charge on any atom is 0.288 e. The number of halogens is 2. The van der Waals surface area contributed by atoms with Crippen molar-refractivity contribution in [1.29, 1.82) is 0 Å². The molecule has 0 aromatic heterocycles. The molecule has 27 nitrogen and oxygen atoms in total. The number of nitrogens with one attached hydrogen (secondary N) is 10. The number of hydrogen-bond donors (Lipinski definition) is 15. The Labute approximate surface area is 634 Å². The second kappa shape index (κ2) is 55.0. The summed E-state index contributed by atoms with van der Waals surface area (Å²) < 4.78 is 0.913. The minimum absolute atomic E-state index is 0.0606. The first-order valence-corrected chi connectivity index (χ1v) is 37.6. The summed E-state index contributed by atoms with van der Waals surface area (Å²) in [6.07, 6.45) is 2.62. The Morgan fingerprint density at radius 3 is 0.932 bits per heavy atom. The molecule has 556 valence electrons. The van der Waals surface area contributed by atoms with Crippen LogP contribution in [0, 0.1) is 0 Å². The van der Waals surface area contributed by atoms with Gasteiger partial charge in [0.15, 0.2) is 0 Å². The third kappa shape index (κ3) is 39.6. The van der Waals surface area contributed by atoms with Gasteiger partial charge in [0.2, 0.25) is 11.8 Å². The van der Waals surface area contributed by atoms with Gasteiger partial charge in [0.25, 0.3) is 55.7 Å². The van der Waals surface area contributed by atoms with Crippen molar-refractivity contribution in [2.45, 2.75) is 77.4 Å². The van der Waals surface area contributed by atoms with Crippen LogP contribution in [0.4, 0.5) is 29.7 Å². The number of hydrogen-bond acceptors (Lipinski definition) is 20. The summed E-state index contributed by atoms with van der Waals surface area (Å²) in [5.74, 6) is -1.98. The van der Waals surface area contributed by atoms with E-state index in [1.54, 1.807) is 127 Å². The van der Waals surface area contributed by atoms with E-state index in [4.69, 9.17) is 40.3 Å². The number of rotatable bonds is 31. The van der Waals surface area contributed by atoms with Crippen LogP contribution in [0.15, 0.2) is 175 Å². The molecule has 6 aromatic rings. The monoisotopic (exact) mass is 1590 g/mol. The Morgan fingerprint density at radius 1 is 0.350 bits per heavy atom. The maximum atomic E-state index is 12.2. The lowest BCUT2D eigenvalue weighted by Crippen LogP contribution is -2.29. The lowest BCUT2D eigenvalue weighted by molar-refractivity contribution is -0.118. The second-order valence-corrected chi connectivity index (χ2v) is 26.9. The Hall–Kier alpha value is -8.64. The van der Waals surface area contributed by atoms with Gasteiger partial charge in [-0.05, 0) is 176 Å². The lowest BCUT2D eigenvalue weighted by Gasteiger charge is -2.10. The molecular weight excluding hydrogens is 1510 g/mol. The van der Waals surface area contributed by atoms with Gasteiger partial charge in [0.1, 0.15) is 0 Å². The third-order valence-corrected chi connectivity index (χ3v) is 17.5. The molecule has 0 aliphatic rings. The number of alkyl halides is 1.